The van der Waals surface area contributed by atoms with Gasteiger partial charge < -0.3 is 9.64 Å². The highest BCUT2D eigenvalue weighted by atomic mass is 19.4. The molecule has 0 atom stereocenters. The summed E-state index contributed by atoms with van der Waals surface area (Å²) < 4.78 is 41.7. The fraction of sp³-hybridized carbons (Fsp3) is 0.500. The van der Waals surface area contributed by atoms with Gasteiger partial charge in [0.2, 0.25) is 0 Å². The minimum Gasteiger partial charge on any atom is -0.469 e. The van der Waals surface area contributed by atoms with Crippen molar-refractivity contribution in [2.45, 2.75) is 25.6 Å². The Morgan fingerprint density at radius 3 is 2.35 bits per heavy atom. The lowest BCUT2D eigenvalue weighted by Gasteiger charge is -2.16. The topological polar surface area (TPSA) is 29.5 Å². The van der Waals surface area contributed by atoms with Gasteiger partial charge in [0.15, 0.2) is 0 Å². The van der Waals surface area contributed by atoms with E-state index < -0.39 is 11.7 Å². The number of esters is 1. The number of carbonyl (C=O) groups is 1. The number of nitrogens with zero attached hydrogens (tertiary/aromatic N) is 1. The average molecular weight is 289 g/mol. The molecule has 0 aliphatic rings. The highest BCUT2D eigenvalue weighted by molar-refractivity contribution is 5.69. The van der Waals surface area contributed by atoms with Gasteiger partial charge in [0.25, 0.3) is 0 Å². The van der Waals surface area contributed by atoms with Crippen LogP contribution in [-0.2, 0) is 22.3 Å². The van der Waals surface area contributed by atoms with Gasteiger partial charge in [-0.15, -0.1) is 0 Å². The van der Waals surface area contributed by atoms with E-state index in [2.05, 4.69) is 4.74 Å². The lowest BCUT2D eigenvalue weighted by Crippen LogP contribution is -2.20. The predicted molar refractivity (Wildman–Crippen MR) is 69.0 cm³/mol. The number of hydrogen-bond donors (Lipinski definition) is 0. The van der Waals surface area contributed by atoms with Crippen molar-refractivity contribution in [3.8, 4) is 0 Å². The van der Waals surface area contributed by atoms with E-state index in [9.17, 15) is 18.0 Å². The van der Waals surface area contributed by atoms with Gasteiger partial charge in [-0.2, -0.15) is 13.2 Å². The fourth-order valence-corrected chi connectivity index (χ4v) is 1.79. The molecule has 1 aromatic rings. The molecule has 20 heavy (non-hydrogen) atoms. The maximum Gasteiger partial charge on any atom is 0.416 e. The van der Waals surface area contributed by atoms with E-state index in [0.717, 1.165) is 17.7 Å². The third kappa shape index (κ3) is 5.61. The first-order valence-corrected chi connectivity index (χ1v) is 6.24. The molecule has 0 spiro atoms. The van der Waals surface area contributed by atoms with Crippen molar-refractivity contribution in [3.05, 3.63) is 35.4 Å². The lowest BCUT2D eigenvalue weighted by atomic mass is 10.1. The molecule has 0 aliphatic carbocycles. The summed E-state index contributed by atoms with van der Waals surface area (Å²) in [5.74, 6) is -0.257. The molecule has 1 rings (SSSR count). The van der Waals surface area contributed by atoms with E-state index in [1.165, 1.54) is 19.2 Å². The Kier molecular flexibility index (Phi) is 6.01. The molecule has 0 fully saturated rings. The number of ether oxygens (including phenoxy) is 1. The summed E-state index contributed by atoms with van der Waals surface area (Å²) in [4.78, 5) is 12.9. The predicted octanol–water partition coefficient (Wildman–Crippen LogP) is 3.09. The number of hydrogen-bond acceptors (Lipinski definition) is 3. The van der Waals surface area contributed by atoms with Gasteiger partial charge in [-0.05, 0) is 37.7 Å². The molecule has 0 aliphatic heterocycles. The summed E-state index contributed by atoms with van der Waals surface area (Å²) in [6, 6.07) is 5.11. The maximum atomic E-state index is 12.4. The molecular weight excluding hydrogens is 271 g/mol. The lowest BCUT2D eigenvalue weighted by molar-refractivity contribution is -0.141. The van der Waals surface area contributed by atoms with Gasteiger partial charge in [-0.1, -0.05) is 12.1 Å². The first kappa shape index (κ1) is 16.5. The second-order valence-electron chi connectivity index (χ2n) is 4.61. The Morgan fingerprint density at radius 1 is 1.25 bits per heavy atom. The molecule has 0 amide bonds. The van der Waals surface area contributed by atoms with Crippen molar-refractivity contribution in [1.29, 1.82) is 0 Å². The molecule has 1 aromatic carbocycles. The summed E-state index contributed by atoms with van der Waals surface area (Å²) in [5, 5.41) is 0. The standard InChI is InChI=1S/C14H18F3NO2/c1-18(9-3-4-13(19)20-2)10-11-5-7-12(8-6-11)14(15,16)17/h5-8H,3-4,9-10H2,1-2H3. The molecular formula is C14H18F3NO2. The number of alkyl halides is 3. The van der Waals surface area contributed by atoms with Gasteiger partial charge in [-0.3, -0.25) is 4.79 Å². The highest BCUT2D eigenvalue weighted by Crippen LogP contribution is 2.29. The SMILES string of the molecule is COC(=O)CCCN(C)Cc1ccc(C(F)(F)F)cc1. The second-order valence-corrected chi connectivity index (χ2v) is 4.61. The van der Waals surface area contributed by atoms with E-state index in [4.69, 9.17) is 0 Å². The van der Waals surface area contributed by atoms with Crippen LogP contribution in [0.1, 0.15) is 24.0 Å². The minimum absolute atomic E-state index is 0.257. The second kappa shape index (κ2) is 7.28. The zero-order valence-corrected chi connectivity index (χ0v) is 11.5. The molecule has 6 heteroatoms. The third-order valence-electron chi connectivity index (χ3n) is 2.88. The largest absolute Gasteiger partial charge is 0.469 e. The van der Waals surface area contributed by atoms with Gasteiger partial charge in [0.05, 0.1) is 12.7 Å². The van der Waals surface area contributed by atoms with Gasteiger partial charge >= 0.3 is 12.1 Å². The molecule has 0 radical (unpaired) electrons. The van der Waals surface area contributed by atoms with Crippen LogP contribution < -0.4 is 0 Å². The highest BCUT2D eigenvalue weighted by Gasteiger charge is 2.29. The Hall–Kier alpha value is -1.56. The Morgan fingerprint density at radius 2 is 1.85 bits per heavy atom. The van der Waals surface area contributed by atoms with Crippen LogP contribution in [0.3, 0.4) is 0 Å². The molecule has 0 unspecified atom stereocenters. The number of benzene rings is 1. The smallest absolute Gasteiger partial charge is 0.416 e. The van der Waals surface area contributed by atoms with Gasteiger partial charge in [0.1, 0.15) is 0 Å². The van der Waals surface area contributed by atoms with E-state index in [1.807, 2.05) is 11.9 Å². The molecule has 0 saturated carbocycles. The van der Waals surface area contributed by atoms with Gasteiger partial charge in [-0.25, -0.2) is 0 Å². The Labute approximate surface area is 116 Å². The minimum atomic E-state index is -4.30. The Bertz CT molecular complexity index is 429. The zero-order valence-electron chi connectivity index (χ0n) is 11.5. The third-order valence-corrected chi connectivity index (χ3v) is 2.88. The molecule has 0 bridgehead atoms. The summed E-state index contributed by atoms with van der Waals surface area (Å²) in [7, 11) is 3.20. The molecule has 0 heterocycles. The molecule has 0 aromatic heterocycles. The first-order valence-electron chi connectivity index (χ1n) is 6.24. The molecule has 0 N–H and O–H groups in total. The molecule has 3 nitrogen and oxygen atoms in total. The van der Waals surface area contributed by atoms with Crippen molar-refractivity contribution in [2.24, 2.45) is 0 Å². The summed E-state index contributed by atoms with van der Waals surface area (Å²) in [5.41, 5.74) is 0.160. The van der Waals surface area contributed by atoms with E-state index in [-0.39, 0.29) is 5.97 Å². The normalized spacial score (nSPS) is 11.7. The number of rotatable bonds is 6. The van der Waals surface area contributed by atoms with Crippen molar-refractivity contribution in [3.63, 3.8) is 0 Å². The summed E-state index contributed by atoms with van der Waals surface area (Å²) >= 11 is 0. The quantitative estimate of drug-likeness (QED) is 0.754. The van der Waals surface area contributed by atoms with Gasteiger partial charge in [0, 0.05) is 13.0 Å². The van der Waals surface area contributed by atoms with Crippen LogP contribution in [0.15, 0.2) is 24.3 Å². The van der Waals surface area contributed by atoms with E-state index >= 15 is 0 Å². The van der Waals surface area contributed by atoms with E-state index in [0.29, 0.717) is 25.9 Å². The van der Waals surface area contributed by atoms with Crippen LogP contribution in [0.5, 0.6) is 0 Å². The zero-order chi connectivity index (χ0) is 15.2. The number of methoxy groups -OCH3 is 1. The van der Waals surface area contributed by atoms with Crippen molar-refractivity contribution < 1.29 is 22.7 Å². The van der Waals surface area contributed by atoms with Crippen molar-refractivity contribution >= 4 is 5.97 Å². The number of carbonyl (C=O) groups excluding carboxylic acids is 1. The van der Waals surface area contributed by atoms with E-state index in [1.54, 1.807) is 0 Å². The fourth-order valence-electron chi connectivity index (χ4n) is 1.79. The van der Waals surface area contributed by atoms with Crippen LogP contribution in [0, 0.1) is 0 Å². The van der Waals surface area contributed by atoms with Crippen LogP contribution in [0.4, 0.5) is 13.2 Å². The van der Waals surface area contributed by atoms with Crippen molar-refractivity contribution in [1.82, 2.24) is 4.90 Å². The van der Waals surface area contributed by atoms with Crippen LogP contribution in [0.25, 0.3) is 0 Å². The molecule has 112 valence electrons. The maximum absolute atomic E-state index is 12.4. The Balaban J connectivity index is 2.42. The van der Waals surface area contributed by atoms with Crippen LogP contribution in [0.2, 0.25) is 0 Å². The first-order chi connectivity index (χ1) is 9.32. The summed E-state index contributed by atoms with van der Waals surface area (Å²) in [6.45, 7) is 1.22. The van der Waals surface area contributed by atoms with Crippen LogP contribution in [-0.4, -0.2) is 31.6 Å². The summed E-state index contributed by atoms with van der Waals surface area (Å²) in [6.07, 6.45) is -3.30. The monoisotopic (exact) mass is 289 g/mol. The average Bonchev–Trinajstić information content (AvgIpc) is 2.38. The molecule has 0 saturated heterocycles. The van der Waals surface area contributed by atoms with Crippen LogP contribution >= 0.6 is 0 Å². The van der Waals surface area contributed by atoms with Crippen molar-refractivity contribution in [2.75, 3.05) is 20.7 Å². The number of halogens is 3.